The quantitative estimate of drug-likeness (QED) is 0.580. The number of amidine groups is 1. The van der Waals surface area contributed by atoms with Crippen molar-refractivity contribution in [1.29, 1.82) is 0 Å². The molecule has 0 heterocycles. The number of benzene rings is 1. The summed E-state index contributed by atoms with van der Waals surface area (Å²) < 4.78 is 12.9. The first-order valence-electron chi connectivity index (χ1n) is 4.60. The topological polar surface area (TPSA) is 38.4 Å². The fourth-order valence-corrected chi connectivity index (χ4v) is 1.03. The molecule has 0 spiro atoms. The Bertz CT molecular complexity index is 394. The first-order valence-corrected chi connectivity index (χ1v) is 4.98. The summed E-state index contributed by atoms with van der Waals surface area (Å²) in [6.45, 7) is 5.79. The first-order chi connectivity index (χ1) is 6.80. The van der Waals surface area contributed by atoms with Gasteiger partial charge in [-0.2, -0.15) is 0 Å². The Balaban J connectivity index is 3.13. The summed E-state index contributed by atoms with van der Waals surface area (Å²) in [5, 5.41) is 0.392. The Hall–Kier alpha value is -1.09. The van der Waals surface area contributed by atoms with Gasteiger partial charge in [-0.3, -0.25) is 0 Å². The van der Waals surface area contributed by atoms with Crippen LogP contribution in [0.1, 0.15) is 20.8 Å². The molecule has 0 aliphatic rings. The maximum Gasteiger partial charge on any atom is 0.125 e. The zero-order valence-corrected chi connectivity index (χ0v) is 9.77. The van der Waals surface area contributed by atoms with Gasteiger partial charge in [-0.25, -0.2) is 9.38 Å². The van der Waals surface area contributed by atoms with E-state index in [9.17, 15) is 4.39 Å². The molecule has 1 aromatic rings. The van der Waals surface area contributed by atoms with E-state index in [4.69, 9.17) is 17.3 Å². The molecule has 0 atom stereocenters. The van der Waals surface area contributed by atoms with Crippen molar-refractivity contribution in [3.63, 3.8) is 0 Å². The van der Waals surface area contributed by atoms with Crippen molar-refractivity contribution in [2.75, 3.05) is 0 Å². The van der Waals surface area contributed by atoms with Crippen LogP contribution in [-0.2, 0) is 0 Å². The smallest absolute Gasteiger partial charge is 0.125 e. The molecular formula is C11H14ClFN2. The molecule has 1 aromatic carbocycles. The highest BCUT2D eigenvalue weighted by Crippen LogP contribution is 2.27. The van der Waals surface area contributed by atoms with Gasteiger partial charge in [0.25, 0.3) is 0 Å². The van der Waals surface area contributed by atoms with Crippen LogP contribution in [0.25, 0.3) is 0 Å². The van der Waals surface area contributed by atoms with Crippen molar-refractivity contribution in [2.45, 2.75) is 20.8 Å². The molecule has 2 N–H and O–H groups in total. The van der Waals surface area contributed by atoms with E-state index < -0.39 is 0 Å². The minimum atomic E-state index is -0.375. The molecule has 15 heavy (non-hydrogen) atoms. The lowest BCUT2D eigenvalue weighted by molar-refractivity contribution is 0.585. The highest BCUT2D eigenvalue weighted by molar-refractivity contribution is 6.33. The van der Waals surface area contributed by atoms with Crippen molar-refractivity contribution in [3.05, 3.63) is 29.0 Å². The monoisotopic (exact) mass is 228 g/mol. The van der Waals surface area contributed by atoms with Crippen LogP contribution < -0.4 is 5.73 Å². The van der Waals surface area contributed by atoms with Crippen molar-refractivity contribution in [1.82, 2.24) is 0 Å². The van der Waals surface area contributed by atoms with Gasteiger partial charge in [-0.05, 0) is 12.1 Å². The second-order valence-electron chi connectivity index (χ2n) is 4.34. The SMILES string of the molecule is CC(C)(C)C(N)=Nc1cc(F)ccc1Cl. The Kier molecular flexibility index (Phi) is 3.35. The Morgan fingerprint density at radius 2 is 2.00 bits per heavy atom. The molecule has 0 radical (unpaired) electrons. The predicted molar refractivity (Wildman–Crippen MR) is 62.1 cm³/mol. The molecule has 0 amide bonds. The third-order valence-electron chi connectivity index (χ3n) is 1.92. The number of rotatable bonds is 1. The normalized spacial score (nSPS) is 13.0. The molecular weight excluding hydrogens is 215 g/mol. The molecule has 0 saturated heterocycles. The third kappa shape index (κ3) is 3.20. The maximum absolute atomic E-state index is 12.9. The number of nitrogens with zero attached hydrogens (tertiary/aromatic N) is 1. The Morgan fingerprint density at radius 3 is 2.53 bits per heavy atom. The molecule has 2 nitrogen and oxygen atoms in total. The highest BCUT2D eigenvalue weighted by atomic mass is 35.5. The predicted octanol–water partition coefficient (Wildman–Crippen LogP) is 3.51. The van der Waals surface area contributed by atoms with Gasteiger partial charge in [-0.15, -0.1) is 0 Å². The number of hydrogen-bond acceptors (Lipinski definition) is 1. The molecule has 4 heteroatoms. The minimum Gasteiger partial charge on any atom is -0.387 e. The van der Waals surface area contributed by atoms with Crippen LogP contribution in [0.5, 0.6) is 0 Å². The molecule has 0 fully saturated rings. The highest BCUT2D eigenvalue weighted by Gasteiger charge is 2.16. The van der Waals surface area contributed by atoms with Crippen LogP contribution in [0.15, 0.2) is 23.2 Å². The third-order valence-corrected chi connectivity index (χ3v) is 2.24. The molecule has 0 aliphatic heterocycles. The van der Waals surface area contributed by atoms with Gasteiger partial charge >= 0.3 is 0 Å². The lowest BCUT2D eigenvalue weighted by atomic mass is 9.95. The standard InChI is InChI=1S/C11H14ClFN2/c1-11(2,3)10(14)15-9-6-7(13)4-5-8(9)12/h4-6H,1-3H3,(H2,14,15). The van der Waals surface area contributed by atoms with E-state index >= 15 is 0 Å². The van der Waals surface area contributed by atoms with Crippen LogP contribution >= 0.6 is 11.6 Å². The lowest BCUT2D eigenvalue weighted by Crippen LogP contribution is -2.28. The van der Waals surface area contributed by atoms with Gasteiger partial charge < -0.3 is 5.73 Å². The summed E-state index contributed by atoms with van der Waals surface area (Å²) in [6, 6.07) is 4.02. The average molecular weight is 229 g/mol. The van der Waals surface area contributed by atoms with Crippen molar-refractivity contribution >= 4 is 23.1 Å². The van der Waals surface area contributed by atoms with Gasteiger partial charge in [0, 0.05) is 11.5 Å². The second kappa shape index (κ2) is 4.19. The Labute approximate surface area is 94.0 Å². The van der Waals surface area contributed by atoms with Crippen LogP contribution in [-0.4, -0.2) is 5.84 Å². The van der Waals surface area contributed by atoms with Gasteiger partial charge in [0.05, 0.1) is 10.7 Å². The maximum atomic E-state index is 12.9. The van der Waals surface area contributed by atoms with E-state index in [0.29, 0.717) is 16.5 Å². The van der Waals surface area contributed by atoms with Crippen LogP contribution in [0, 0.1) is 11.2 Å². The summed E-state index contributed by atoms with van der Waals surface area (Å²) in [6.07, 6.45) is 0. The van der Waals surface area contributed by atoms with Crippen LogP contribution in [0.2, 0.25) is 5.02 Å². The van der Waals surface area contributed by atoms with Crippen molar-refractivity contribution in [2.24, 2.45) is 16.1 Å². The van der Waals surface area contributed by atoms with E-state index in [1.807, 2.05) is 20.8 Å². The molecule has 82 valence electrons. The first kappa shape index (κ1) is 12.0. The summed E-state index contributed by atoms with van der Waals surface area (Å²) in [5.74, 6) is 0.0508. The number of halogens is 2. The molecule has 0 saturated carbocycles. The molecule has 1 rings (SSSR count). The summed E-state index contributed by atoms with van der Waals surface area (Å²) >= 11 is 5.86. The van der Waals surface area contributed by atoms with E-state index in [2.05, 4.69) is 4.99 Å². The molecule has 0 bridgehead atoms. The fourth-order valence-electron chi connectivity index (χ4n) is 0.869. The van der Waals surface area contributed by atoms with E-state index in [-0.39, 0.29) is 11.2 Å². The van der Waals surface area contributed by atoms with Gasteiger partial charge in [0.15, 0.2) is 0 Å². The number of nitrogens with two attached hydrogens (primary N) is 1. The zero-order valence-electron chi connectivity index (χ0n) is 9.01. The van der Waals surface area contributed by atoms with Crippen LogP contribution in [0.4, 0.5) is 10.1 Å². The van der Waals surface area contributed by atoms with E-state index in [0.717, 1.165) is 0 Å². The van der Waals surface area contributed by atoms with E-state index in [1.165, 1.54) is 18.2 Å². The van der Waals surface area contributed by atoms with Gasteiger partial charge in [-0.1, -0.05) is 32.4 Å². The second-order valence-corrected chi connectivity index (χ2v) is 4.75. The van der Waals surface area contributed by atoms with Crippen LogP contribution in [0.3, 0.4) is 0 Å². The van der Waals surface area contributed by atoms with Gasteiger partial charge in [0.1, 0.15) is 11.7 Å². The van der Waals surface area contributed by atoms with Crippen molar-refractivity contribution in [3.8, 4) is 0 Å². The number of aliphatic imine (C=N–C) groups is 1. The summed E-state index contributed by atoms with van der Waals surface area (Å²) in [4.78, 5) is 4.11. The van der Waals surface area contributed by atoms with E-state index in [1.54, 1.807) is 0 Å². The summed E-state index contributed by atoms with van der Waals surface area (Å²) in [5.41, 5.74) is 5.88. The summed E-state index contributed by atoms with van der Waals surface area (Å²) in [7, 11) is 0. The minimum absolute atomic E-state index is 0.254. The van der Waals surface area contributed by atoms with Gasteiger partial charge in [0.2, 0.25) is 0 Å². The zero-order chi connectivity index (χ0) is 11.6. The fraction of sp³-hybridized carbons (Fsp3) is 0.364. The average Bonchev–Trinajstić information content (AvgIpc) is 2.09. The lowest BCUT2D eigenvalue weighted by Gasteiger charge is -2.17. The van der Waals surface area contributed by atoms with Crippen molar-refractivity contribution < 1.29 is 4.39 Å². The molecule has 0 aliphatic carbocycles. The number of hydrogen-bond donors (Lipinski definition) is 1. The molecule has 0 aromatic heterocycles. The largest absolute Gasteiger partial charge is 0.387 e. The Morgan fingerprint density at radius 1 is 1.40 bits per heavy atom. The molecule has 0 unspecified atom stereocenters.